The molecule has 0 aliphatic heterocycles. The molecular formula is C10H17F3N2O3. The van der Waals surface area contributed by atoms with Gasteiger partial charge in [0.2, 0.25) is 0 Å². The number of likely N-dealkylation sites (N-methyl/N-ethyl adjacent to an activating group) is 1. The van der Waals surface area contributed by atoms with Crippen LogP contribution in [0.15, 0.2) is 0 Å². The highest BCUT2D eigenvalue weighted by Gasteiger charge is 2.42. The summed E-state index contributed by atoms with van der Waals surface area (Å²) in [5.41, 5.74) is 0. The molecule has 5 nitrogen and oxygen atoms in total. The van der Waals surface area contributed by atoms with E-state index in [4.69, 9.17) is 0 Å². The van der Waals surface area contributed by atoms with Crippen LogP contribution in [0.5, 0.6) is 0 Å². The molecule has 0 atom stereocenters. The Kier molecular flexibility index (Phi) is 6.67. The van der Waals surface area contributed by atoms with Gasteiger partial charge in [0.25, 0.3) is 0 Å². The summed E-state index contributed by atoms with van der Waals surface area (Å²) in [6.45, 7) is -0.121. The minimum atomic E-state index is -4.93. The molecule has 0 aromatic rings. The van der Waals surface area contributed by atoms with Gasteiger partial charge in [-0.2, -0.15) is 13.2 Å². The Balaban J connectivity index is 4.52. The van der Waals surface area contributed by atoms with Gasteiger partial charge in [-0.15, -0.1) is 0 Å². The lowest BCUT2D eigenvalue weighted by atomic mass is 10.3. The summed E-state index contributed by atoms with van der Waals surface area (Å²) in [5.74, 6) is -2.59. The van der Waals surface area contributed by atoms with Crippen LogP contribution in [0, 0.1) is 0 Å². The molecule has 0 radical (unpaired) electrons. The smallest absolute Gasteiger partial charge is 0.469 e. The van der Waals surface area contributed by atoms with E-state index in [0.29, 0.717) is 4.90 Å². The van der Waals surface area contributed by atoms with Gasteiger partial charge in [0, 0.05) is 19.6 Å². The van der Waals surface area contributed by atoms with E-state index in [0.717, 1.165) is 7.11 Å². The van der Waals surface area contributed by atoms with E-state index in [2.05, 4.69) is 4.74 Å². The van der Waals surface area contributed by atoms with Crippen LogP contribution in [-0.4, -0.2) is 68.7 Å². The number of esters is 1. The van der Waals surface area contributed by atoms with Crippen LogP contribution in [0.1, 0.15) is 6.42 Å². The Morgan fingerprint density at radius 2 is 1.67 bits per heavy atom. The maximum absolute atomic E-state index is 12.3. The van der Waals surface area contributed by atoms with Crippen molar-refractivity contribution in [3.05, 3.63) is 0 Å². The van der Waals surface area contributed by atoms with Crippen molar-refractivity contribution < 1.29 is 27.5 Å². The zero-order chi connectivity index (χ0) is 14.3. The summed E-state index contributed by atoms with van der Waals surface area (Å²) in [6, 6.07) is 0. The van der Waals surface area contributed by atoms with Crippen LogP contribution >= 0.6 is 0 Å². The average molecular weight is 270 g/mol. The third kappa shape index (κ3) is 6.43. The van der Waals surface area contributed by atoms with Crippen molar-refractivity contribution in [3.8, 4) is 0 Å². The monoisotopic (exact) mass is 270 g/mol. The topological polar surface area (TPSA) is 49.9 Å². The fourth-order valence-electron chi connectivity index (χ4n) is 1.14. The fourth-order valence-corrected chi connectivity index (χ4v) is 1.14. The van der Waals surface area contributed by atoms with E-state index in [1.165, 1.54) is 0 Å². The van der Waals surface area contributed by atoms with Crippen molar-refractivity contribution in [2.24, 2.45) is 0 Å². The predicted octanol–water partition coefficient (Wildman–Crippen LogP) is 0.502. The highest BCUT2D eigenvalue weighted by atomic mass is 19.4. The van der Waals surface area contributed by atoms with Crippen LogP contribution in [0.3, 0.4) is 0 Å². The molecule has 0 saturated heterocycles. The second-order valence-electron chi connectivity index (χ2n) is 3.92. The molecule has 18 heavy (non-hydrogen) atoms. The van der Waals surface area contributed by atoms with Gasteiger partial charge in [-0.1, -0.05) is 0 Å². The van der Waals surface area contributed by atoms with E-state index in [1.807, 2.05) is 0 Å². The minimum absolute atomic E-state index is 0.0949. The van der Waals surface area contributed by atoms with E-state index in [9.17, 15) is 22.8 Å². The van der Waals surface area contributed by atoms with Crippen molar-refractivity contribution in [1.82, 2.24) is 9.80 Å². The summed E-state index contributed by atoms with van der Waals surface area (Å²) in [6.07, 6.45) is -5.19. The summed E-state index contributed by atoms with van der Waals surface area (Å²) in [5, 5.41) is 0. The van der Waals surface area contributed by atoms with Gasteiger partial charge in [0.1, 0.15) is 0 Å². The number of rotatable bonds is 6. The zero-order valence-corrected chi connectivity index (χ0v) is 10.6. The van der Waals surface area contributed by atoms with Crippen LogP contribution in [0.25, 0.3) is 0 Å². The Morgan fingerprint density at radius 1 is 1.11 bits per heavy atom. The number of methoxy groups -OCH3 is 1. The Bertz CT molecular complexity index is 293. The summed E-state index contributed by atoms with van der Waals surface area (Å²) < 4.78 is 41.3. The number of nitrogens with zero attached hydrogens (tertiary/aromatic N) is 2. The minimum Gasteiger partial charge on any atom is -0.469 e. The standard InChI is InChI=1S/C10H17F3N2O3/c1-14(2)6-7-15(5-4-8(16)18-3)9(17)10(11,12)13/h4-7H2,1-3H3. The quantitative estimate of drug-likeness (QED) is 0.660. The molecule has 0 N–H and O–H groups in total. The number of ether oxygens (including phenoxy) is 1. The van der Waals surface area contributed by atoms with Gasteiger partial charge >= 0.3 is 18.1 Å². The summed E-state index contributed by atoms with van der Waals surface area (Å²) >= 11 is 0. The Labute approximate surface area is 103 Å². The van der Waals surface area contributed by atoms with Crippen molar-refractivity contribution in [2.45, 2.75) is 12.6 Å². The summed E-state index contributed by atoms with van der Waals surface area (Å²) in [4.78, 5) is 24.2. The highest BCUT2D eigenvalue weighted by molar-refractivity contribution is 5.82. The first-order valence-corrected chi connectivity index (χ1v) is 5.26. The second-order valence-corrected chi connectivity index (χ2v) is 3.92. The lowest BCUT2D eigenvalue weighted by molar-refractivity contribution is -0.185. The van der Waals surface area contributed by atoms with E-state index < -0.39 is 18.1 Å². The molecule has 1 amide bonds. The van der Waals surface area contributed by atoms with Gasteiger partial charge in [-0.05, 0) is 14.1 Å². The number of carbonyl (C=O) groups is 2. The molecule has 0 unspecified atom stereocenters. The predicted molar refractivity (Wildman–Crippen MR) is 57.8 cm³/mol. The molecular weight excluding hydrogens is 253 g/mol. The maximum atomic E-state index is 12.3. The number of alkyl halides is 3. The van der Waals surface area contributed by atoms with Crippen LogP contribution in [0.2, 0.25) is 0 Å². The van der Waals surface area contributed by atoms with Crippen LogP contribution < -0.4 is 0 Å². The first kappa shape index (κ1) is 16.7. The molecule has 0 spiro atoms. The Hall–Kier alpha value is -1.31. The number of halogens is 3. The van der Waals surface area contributed by atoms with Crippen molar-refractivity contribution in [1.29, 1.82) is 0 Å². The number of carbonyl (C=O) groups excluding carboxylic acids is 2. The SMILES string of the molecule is COC(=O)CCN(CCN(C)C)C(=O)C(F)(F)F. The van der Waals surface area contributed by atoms with E-state index in [-0.39, 0.29) is 26.1 Å². The van der Waals surface area contributed by atoms with Gasteiger partial charge in [-0.25, -0.2) is 0 Å². The zero-order valence-electron chi connectivity index (χ0n) is 10.6. The van der Waals surface area contributed by atoms with Gasteiger partial charge < -0.3 is 14.5 Å². The maximum Gasteiger partial charge on any atom is 0.471 e. The fraction of sp³-hybridized carbons (Fsp3) is 0.800. The molecule has 0 saturated carbocycles. The molecule has 0 heterocycles. The van der Waals surface area contributed by atoms with Crippen LogP contribution in [-0.2, 0) is 14.3 Å². The van der Waals surface area contributed by atoms with Crippen molar-refractivity contribution in [3.63, 3.8) is 0 Å². The average Bonchev–Trinajstić information content (AvgIpc) is 2.26. The van der Waals surface area contributed by atoms with Crippen molar-refractivity contribution in [2.75, 3.05) is 40.8 Å². The molecule has 0 aliphatic rings. The van der Waals surface area contributed by atoms with Gasteiger partial charge in [-0.3, -0.25) is 9.59 Å². The lowest BCUT2D eigenvalue weighted by Crippen LogP contribution is -2.45. The largest absolute Gasteiger partial charge is 0.471 e. The normalized spacial score (nSPS) is 11.5. The molecule has 0 fully saturated rings. The number of amides is 1. The molecule has 0 aromatic heterocycles. The van der Waals surface area contributed by atoms with E-state index >= 15 is 0 Å². The number of hydrogen-bond acceptors (Lipinski definition) is 4. The summed E-state index contributed by atoms with van der Waals surface area (Å²) in [7, 11) is 4.49. The molecule has 0 aliphatic carbocycles. The van der Waals surface area contributed by atoms with Gasteiger partial charge in [0.15, 0.2) is 0 Å². The first-order valence-electron chi connectivity index (χ1n) is 5.26. The van der Waals surface area contributed by atoms with Crippen LogP contribution in [0.4, 0.5) is 13.2 Å². The van der Waals surface area contributed by atoms with Crippen molar-refractivity contribution >= 4 is 11.9 Å². The first-order chi connectivity index (χ1) is 8.18. The molecule has 0 aromatic carbocycles. The lowest BCUT2D eigenvalue weighted by Gasteiger charge is -2.24. The van der Waals surface area contributed by atoms with E-state index in [1.54, 1.807) is 19.0 Å². The number of hydrogen-bond donors (Lipinski definition) is 0. The third-order valence-corrected chi connectivity index (χ3v) is 2.16. The second kappa shape index (κ2) is 7.20. The third-order valence-electron chi connectivity index (χ3n) is 2.16. The molecule has 0 bridgehead atoms. The Morgan fingerprint density at radius 3 is 2.06 bits per heavy atom. The molecule has 8 heteroatoms. The molecule has 0 rings (SSSR count). The highest BCUT2D eigenvalue weighted by Crippen LogP contribution is 2.18. The molecule has 106 valence electrons. The van der Waals surface area contributed by atoms with Gasteiger partial charge in [0.05, 0.1) is 13.5 Å².